The second kappa shape index (κ2) is 5.33. The van der Waals surface area contributed by atoms with Crippen LogP contribution < -0.4 is 9.88 Å². The third-order valence-electron chi connectivity index (χ3n) is 2.57. The molecule has 0 aliphatic carbocycles. The molecule has 0 fully saturated rings. The Labute approximate surface area is 102 Å². The molecule has 0 saturated carbocycles. The average Bonchev–Trinajstić information content (AvgIpc) is 2.23. The highest BCUT2D eigenvalue weighted by Crippen LogP contribution is 2.26. The lowest BCUT2D eigenvalue weighted by Crippen LogP contribution is -2.14. The lowest BCUT2D eigenvalue weighted by atomic mass is 10.1. The van der Waals surface area contributed by atoms with E-state index in [1.54, 1.807) is 19.1 Å². The number of hydrogen-bond acceptors (Lipinski definition) is 3. The van der Waals surface area contributed by atoms with Gasteiger partial charge >= 0.3 is 0 Å². The standard InChI is InChI=1S/C12H17NO3S/c1-4-5-8-16-11-6-7-12(17(13,14)15)10(3)9(11)2/h4,6-7H,1,5,8H2,2-3H3,(H2,13,14,15). The minimum absolute atomic E-state index is 0.145. The molecule has 0 spiro atoms. The van der Waals surface area contributed by atoms with Crippen LogP contribution in [0.5, 0.6) is 5.75 Å². The van der Waals surface area contributed by atoms with Crippen molar-refractivity contribution in [3.63, 3.8) is 0 Å². The van der Waals surface area contributed by atoms with Crippen LogP contribution in [0.2, 0.25) is 0 Å². The number of nitrogens with two attached hydrogens (primary N) is 1. The van der Waals surface area contributed by atoms with Crippen LogP contribution >= 0.6 is 0 Å². The first-order chi connectivity index (χ1) is 7.88. The van der Waals surface area contributed by atoms with Crippen molar-refractivity contribution in [2.45, 2.75) is 25.2 Å². The maximum absolute atomic E-state index is 11.3. The summed E-state index contributed by atoms with van der Waals surface area (Å²) in [5, 5.41) is 5.12. The first kappa shape index (κ1) is 13.7. The van der Waals surface area contributed by atoms with Crippen LogP contribution in [0.3, 0.4) is 0 Å². The molecule has 0 heterocycles. The largest absolute Gasteiger partial charge is 0.493 e. The molecule has 1 rings (SSSR count). The van der Waals surface area contributed by atoms with Crippen LogP contribution in [0.1, 0.15) is 17.5 Å². The van der Waals surface area contributed by atoms with Gasteiger partial charge in [0.2, 0.25) is 10.0 Å². The quantitative estimate of drug-likeness (QED) is 0.645. The second-order valence-electron chi connectivity index (χ2n) is 3.78. The molecule has 0 aromatic heterocycles. The van der Waals surface area contributed by atoms with Gasteiger partial charge < -0.3 is 4.74 Å². The highest BCUT2D eigenvalue weighted by atomic mass is 32.2. The number of rotatable bonds is 5. The molecule has 0 saturated heterocycles. The molecule has 1 aromatic carbocycles. The Morgan fingerprint density at radius 2 is 2.00 bits per heavy atom. The number of benzene rings is 1. The fourth-order valence-electron chi connectivity index (χ4n) is 1.49. The molecule has 94 valence electrons. The normalized spacial score (nSPS) is 11.2. The zero-order valence-electron chi connectivity index (χ0n) is 10.1. The van der Waals surface area contributed by atoms with Crippen LogP contribution in [-0.2, 0) is 10.0 Å². The van der Waals surface area contributed by atoms with E-state index >= 15 is 0 Å². The number of hydrogen-bond donors (Lipinski definition) is 1. The van der Waals surface area contributed by atoms with Crippen molar-refractivity contribution in [3.8, 4) is 5.75 Å². The Hall–Kier alpha value is -1.33. The summed E-state index contributed by atoms with van der Waals surface area (Å²) in [5.41, 5.74) is 1.42. The summed E-state index contributed by atoms with van der Waals surface area (Å²) >= 11 is 0. The van der Waals surface area contributed by atoms with Crippen molar-refractivity contribution < 1.29 is 13.2 Å². The molecule has 0 aliphatic heterocycles. The first-order valence-corrected chi connectivity index (χ1v) is 6.79. The maximum Gasteiger partial charge on any atom is 0.238 e. The number of primary sulfonamides is 1. The highest BCUT2D eigenvalue weighted by Gasteiger charge is 2.15. The predicted molar refractivity (Wildman–Crippen MR) is 67.6 cm³/mol. The third kappa shape index (κ3) is 3.31. The summed E-state index contributed by atoms with van der Waals surface area (Å²) in [6, 6.07) is 3.10. The molecular formula is C12H17NO3S. The molecule has 0 atom stereocenters. The fourth-order valence-corrected chi connectivity index (χ4v) is 2.33. The first-order valence-electron chi connectivity index (χ1n) is 5.24. The van der Waals surface area contributed by atoms with E-state index in [0.717, 1.165) is 12.0 Å². The third-order valence-corrected chi connectivity index (χ3v) is 3.63. The predicted octanol–water partition coefficient (Wildman–Crippen LogP) is 1.91. The summed E-state index contributed by atoms with van der Waals surface area (Å²) in [6.07, 6.45) is 2.51. The van der Waals surface area contributed by atoms with E-state index in [2.05, 4.69) is 6.58 Å². The SMILES string of the molecule is C=CCCOc1ccc(S(N)(=O)=O)c(C)c1C. The Kier molecular flexibility index (Phi) is 4.31. The Morgan fingerprint density at radius 3 is 2.53 bits per heavy atom. The van der Waals surface area contributed by atoms with Crippen LogP contribution in [0.15, 0.2) is 29.7 Å². The molecule has 0 bridgehead atoms. The van der Waals surface area contributed by atoms with E-state index in [4.69, 9.17) is 9.88 Å². The van der Waals surface area contributed by atoms with E-state index in [1.807, 2.05) is 6.92 Å². The van der Waals surface area contributed by atoms with Gasteiger partial charge in [0.15, 0.2) is 0 Å². The van der Waals surface area contributed by atoms with E-state index in [9.17, 15) is 8.42 Å². The van der Waals surface area contributed by atoms with E-state index < -0.39 is 10.0 Å². The fraction of sp³-hybridized carbons (Fsp3) is 0.333. The van der Waals surface area contributed by atoms with Crippen molar-refractivity contribution in [2.75, 3.05) is 6.61 Å². The van der Waals surface area contributed by atoms with Crippen LogP contribution in [0, 0.1) is 13.8 Å². The molecule has 17 heavy (non-hydrogen) atoms. The van der Waals surface area contributed by atoms with Crippen molar-refractivity contribution in [3.05, 3.63) is 35.9 Å². The van der Waals surface area contributed by atoms with Gasteiger partial charge in [0.05, 0.1) is 11.5 Å². The van der Waals surface area contributed by atoms with Gasteiger partial charge in [0.1, 0.15) is 5.75 Å². The van der Waals surface area contributed by atoms with Crippen molar-refractivity contribution in [1.82, 2.24) is 0 Å². The van der Waals surface area contributed by atoms with Crippen molar-refractivity contribution >= 4 is 10.0 Å². The number of ether oxygens (including phenoxy) is 1. The number of sulfonamides is 1. The highest BCUT2D eigenvalue weighted by molar-refractivity contribution is 7.89. The molecule has 1 aromatic rings. The molecule has 5 heteroatoms. The van der Waals surface area contributed by atoms with Gasteiger partial charge in [-0.15, -0.1) is 6.58 Å². The molecule has 2 N–H and O–H groups in total. The Bertz CT molecular complexity index is 521. The average molecular weight is 255 g/mol. The molecule has 0 amide bonds. The van der Waals surface area contributed by atoms with Gasteiger partial charge in [0, 0.05) is 0 Å². The minimum atomic E-state index is -3.67. The smallest absolute Gasteiger partial charge is 0.238 e. The van der Waals surface area contributed by atoms with E-state index in [1.165, 1.54) is 6.07 Å². The van der Waals surface area contributed by atoms with E-state index in [-0.39, 0.29) is 4.90 Å². The topological polar surface area (TPSA) is 69.4 Å². The molecule has 0 aliphatic rings. The summed E-state index contributed by atoms with van der Waals surface area (Å²) < 4.78 is 28.1. The van der Waals surface area contributed by atoms with Gasteiger partial charge in [-0.1, -0.05) is 6.08 Å². The van der Waals surface area contributed by atoms with Crippen LogP contribution in [0.25, 0.3) is 0 Å². The molecular weight excluding hydrogens is 238 g/mol. The van der Waals surface area contributed by atoms with Gasteiger partial charge in [-0.25, -0.2) is 13.6 Å². The zero-order chi connectivity index (χ0) is 13.1. The monoisotopic (exact) mass is 255 g/mol. The van der Waals surface area contributed by atoms with Gasteiger partial charge in [-0.3, -0.25) is 0 Å². The van der Waals surface area contributed by atoms with Gasteiger partial charge in [-0.2, -0.15) is 0 Å². The molecule has 4 nitrogen and oxygen atoms in total. The second-order valence-corrected chi connectivity index (χ2v) is 5.31. The van der Waals surface area contributed by atoms with Gasteiger partial charge in [0.25, 0.3) is 0 Å². The lowest BCUT2D eigenvalue weighted by Gasteiger charge is -2.12. The molecule has 0 unspecified atom stereocenters. The van der Waals surface area contributed by atoms with Crippen LogP contribution in [0.4, 0.5) is 0 Å². The van der Waals surface area contributed by atoms with E-state index in [0.29, 0.717) is 17.9 Å². The van der Waals surface area contributed by atoms with Crippen molar-refractivity contribution in [1.29, 1.82) is 0 Å². The maximum atomic E-state index is 11.3. The lowest BCUT2D eigenvalue weighted by molar-refractivity contribution is 0.322. The summed E-state index contributed by atoms with van der Waals surface area (Å²) in [6.45, 7) is 7.66. The minimum Gasteiger partial charge on any atom is -0.493 e. The summed E-state index contributed by atoms with van der Waals surface area (Å²) in [5.74, 6) is 0.678. The van der Waals surface area contributed by atoms with Gasteiger partial charge in [-0.05, 0) is 43.5 Å². The van der Waals surface area contributed by atoms with Crippen molar-refractivity contribution in [2.24, 2.45) is 5.14 Å². The van der Waals surface area contributed by atoms with Crippen LogP contribution in [-0.4, -0.2) is 15.0 Å². The molecule has 0 radical (unpaired) electrons. The Balaban J connectivity index is 3.07. The zero-order valence-corrected chi connectivity index (χ0v) is 10.9. The summed E-state index contributed by atoms with van der Waals surface area (Å²) in [7, 11) is -3.67. The summed E-state index contributed by atoms with van der Waals surface area (Å²) in [4.78, 5) is 0.145. The Morgan fingerprint density at radius 1 is 1.35 bits per heavy atom.